The van der Waals surface area contributed by atoms with Crippen molar-refractivity contribution in [3.05, 3.63) is 35.0 Å². The molecule has 2 aromatic rings. The van der Waals surface area contributed by atoms with E-state index in [1.54, 1.807) is 0 Å². The van der Waals surface area contributed by atoms with E-state index in [0.29, 0.717) is 11.0 Å². The quantitative estimate of drug-likeness (QED) is 0.652. The first-order valence-corrected chi connectivity index (χ1v) is 4.37. The lowest BCUT2D eigenvalue weighted by Gasteiger charge is -2.02. The summed E-state index contributed by atoms with van der Waals surface area (Å²) in [5, 5.41) is 2.43. The Morgan fingerprint density at radius 1 is 1.31 bits per heavy atom. The van der Waals surface area contributed by atoms with Gasteiger partial charge in [-0.1, -0.05) is 35.4 Å². The second-order valence-corrected chi connectivity index (χ2v) is 3.44. The van der Waals surface area contributed by atoms with Crippen LogP contribution >= 0.6 is 11.6 Å². The zero-order valence-electron chi connectivity index (χ0n) is 7.21. The summed E-state index contributed by atoms with van der Waals surface area (Å²) < 4.78 is 0. The number of anilines is 1. The molecule has 2 rings (SSSR count). The van der Waals surface area contributed by atoms with Gasteiger partial charge in [-0.3, -0.25) is 0 Å². The second-order valence-electron chi connectivity index (χ2n) is 3.05. The predicted octanol–water partition coefficient (Wildman–Crippen LogP) is 2.78. The molecule has 0 aliphatic rings. The van der Waals surface area contributed by atoms with Gasteiger partial charge in [-0.2, -0.15) is 0 Å². The van der Waals surface area contributed by atoms with Gasteiger partial charge in [0.15, 0.2) is 0 Å². The number of aromatic nitrogens is 1. The molecule has 0 atom stereocenters. The maximum absolute atomic E-state index is 5.79. The number of hydrogen-bond acceptors (Lipinski definition) is 2. The van der Waals surface area contributed by atoms with Crippen LogP contribution in [0.2, 0.25) is 5.15 Å². The van der Waals surface area contributed by atoms with Gasteiger partial charge in [0.1, 0.15) is 11.0 Å². The van der Waals surface area contributed by atoms with Gasteiger partial charge in [-0.25, -0.2) is 4.98 Å². The van der Waals surface area contributed by atoms with Gasteiger partial charge in [-0.15, -0.1) is 0 Å². The fraction of sp³-hybridized carbons (Fsp3) is 0.100. The first-order valence-electron chi connectivity index (χ1n) is 3.99. The van der Waals surface area contributed by atoms with Crippen LogP contribution < -0.4 is 5.73 Å². The number of nitrogens with zero attached hydrogens (tertiary/aromatic N) is 1. The van der Waals surface area contributed by atoms with E-state index in [1.807, 2.05) is 31.2 Å². The standard InChI is InChI=1S/C10H9ClN2/c1-6-2-3-8-7(4-6)5-9(11)13-10(8)12/h2-5H,1H3,(H2,12,13). The van der Waals surface area contributed by atoms with E-state index < -0.39 is 0 Å². The molecule has 1 aromatic heterocycles. The average molecular weight is 193 g/mol. The highest BCUT2D eigenvalue weighted by atomic mass is 35.5. The molecule has 0 unspecified atom stereocenters. The summed E-state index contributed by atoms with van der Waals surface area (Å²) in [6.45, 7) is 2.03. The fourth-order valence-corrected chi connectivity index (χ4v) is 1.58. The highest BCUT2D eigenvalue weighted by molar-refractivity contribution is 6.30. The van der Waals surface area contributed by atoms with Gasteiger partial charge in [0.05, 0.1) is 0 Å². The van der Waals surface area contributed by atoms with Crippen LogP contribution in [0.1, 0.15) is 5.56 Å². The van der Waals surface area contributed by atoms with Crippen LogP contribution in [0.25, 0.3) is 10.8 Å². The molecular weight excluding hydrogens is 184 g/mol. The van der Waals surface area contributed by atoms with Crippen LogP contribution in [0.5, 0.6) is 0 Å². The van der Waals surface area contributed by atoms with Crippen LogP contribution in [-0.4, -0.2) is 4.98 Å². The molecule has 66 valence electrons. The van der Waals surface area contributed by atoms with Crippen LogP contribution in [0.15, 0.2) is 24.3 Å². The maximum Gasteiger partial charge on any atom is 0.133 e. The minimum Gasteiger partial charge on any atom is -0.383 e. The van der Waals surface area contributed by atoms with Gasteiger partial charge in [0, 0.05) is 5.39 Å². The van der Waals surface area contributed by atoms with Gasteiger partial charge in [-0.05, 0) is 18.4 Å². The Morgan fingerprint density at radius 2 is 2.08 bits per heavy atom. The molecule has 0 spiro atoms. The predicted molar refractivity (Wildman–Crippen MR) is 55.9 cm³/mol. The van der Waals surface area contributed by atoms with Crippen molar-refractivity contribution in [2.75, 3.05) is 5.73 Å². The summed E-state index contributed by atoms with van der Waals surface area (Å²) in [4.78, 5) is 3.97. The topological polar surface area (TPSA) is 38.9 Å². The Bertz CT molecular complexity index is 460. The summed E-state index contributed by atoms with van der Waals surface area (Å²) in [6.07, 6.45) is 0. The number of rotatable bonds is 0. The number of pyridine rings is 1. The third-order valence-corrected chi connectivity index (χ3v) is 2.18. The second kappa shape index (κ2) is 2.89. The molecule has 3 heteroatoms. The van der Waals surface area contributed by atoms with E-state index >= 15 is 0 Å². The van der Waals surface area contributed by atoms with Gasteiger partial charge in [0.25, 0.3) is 0 Å². The summed E-state index contributed by atoms with van der Waals surface area (Å²) in [5.41, 5.74) is 6.90. The zero-order chi connectivity index (χ0) is 9.42. The molecule has 13 heavy (non-hydrogen) atoms. The summed E-state index contributed by atoms with van der Waals surface area (Å²) in [7, 11) is 0. The lowest BCUT2D eigenvalue weighted by molar-refractivity contribution is 1.36. The fourth-order valence-electron chi connectivity index (χ4n) is 1.37. The first-order chi connectivity index (χ1) is 6.16. The van der Waals surface area contributed by atoms with E-state index in [4.69, 9.17) is 17.3 Å². The van der Waals surface area contributed by atoms with Crippen molar-refractivity contribution >= 4 is 28.2 Å². The minimum absolute atomic E-state index is 0.440. The molecule has 0 radical (unpaired) electrons. The van der Waals surface area contributed by atoms with E-state index in [2.05, 4.69) is 4.98 Å². The van der Waals surface area contributed by atoms with Crippen LogP contribution in [0.4, 0.5) is 5.82 Å². The molecular formula is C10H9ClN2. The summed E-state index contributed by atoms with van der Waals surface area (Å²) >= 11 is 5.79. The van der Waals surface area contributed by atoms with Gasteiger partial charge in [0.2, 0.25) is 0 Å². The van der Waals surface area contributed by atoms with Crippen molar-refractivity contribution in [2.45, 2.75) is 6.92 Å². The van der Waals surface area contributed by atoms with E-state index in [9.17, 15) is 0 Å². The Kier molecular flexibility index (Phi) is 1.85. The van der Waals surface area contributed by atoms with Crippen LogP contribution in [0.3, 0.4) is 0 Å². The zero-order valence-corrected chi connectivity index (χ0v) is 7.97. The van der Waals surface area contributed by atoms with Crippen molar-refractivity contribution in [3.63, 3.8) is 0 Å². The molecule has 0 aliphatic carbocycles. The van der Waals surface area contributed by atoms with Crippen molar-refractivity contribution < 1.29 is 0 Å². The Hall–Kier alpha value is -1.28. The SMILES string of the molecule is Cc1ccc2c(N)nc(Cl)cc2c1. The van der Waals surface area contributed by atoms with Gasteiger partial charge < -0.3 is 5.73 Å². The molecule has 2 nitrogen and oxygen atoms in total. The Morgan fingerprint density at radius 3 is 2.85 bits per heavy atom. The number of fused-ring (bicyclic) bond motifs is 1. The summed E-state index contributed by atoms with van der Waals surface area (Å²) in [6, 6.07) is 7.83. The lowest BCUT2D eigenvalue weighted by Crippen LogP contribution is -1.91. The van der Waals surface area contributed by atoms with Crippen LogP contribution in [0, 0.1) is 6.92 Å². The molecule has 0 saturated heterocycles. The molecule has 0 bridgehead atoms. The highest BCUT2D eigenvalue weighted by Crippen LogP contribution is 2.23. The van der Waals surface area contributed by atoms with E-state index in [-0.39, 0.29) is 0 Å². The Balaban J connectivity index is 2.86. The number of nitrogens with two attached hydrogens (primary N) is 1. The molecule has 0 saturated carbocycles. The third-order valence-electron chi connectivity index (χ3n) is 1.98. The molecule has 0 amide bonds. The van der Waals surface area contributed by atoms with Crippen molar-refractivity contribution in [1.82, 2.24) is 4.98 Å². The molecule has 0 fully saturated rings. The molecule has 1 heterocycles. The number of nitrogen functional groups attached to an aromatic ring is 1. The lowest BCUT2D eigenvalue weighted by atomic mass is 10.1. The number of halogens is 1. The van der Waals surface area contributed by atoms with Crippen LogP contribution in [-0.2, 0) is 0 Å². The van der Waals surface area contributed by atoms with E-state index in [1.165, 1.54) is 5.56 Å². The average Bonchev–Trinajstić information content (AvgIpc) is 2.02. The first kappa shape index (κ1) is 8.32. The largest absolute Gasteiger partial charge is 0.383 e. The highest BCUT2D eigenvalue weighted by Gasteiger charge is 2.01. The van der Waals surface area contributed by atoms with E-state index in [0.717, 1.165) is 10.8 Å². The minimum atomic E-state index is 0.440. The summed E-state index contributed by atoms with van der Waals surface area (Å²) in [5.74, 6) is 0.488. The Labute approximate surface area is 81.3 Å². The van der Waals surface area contributed by atoms with Crippen molar-refractivity contribution in [3.8, 4) is 0 Å². The number of benzene rings is 1. The smallest absolute Gasteiger partial charge is 0.133 e. The third kappa shape index (κ3) is 1.45. The molecule has 1 aromatic carbocycles. The van der Waals surface area contributed by atoms with Crippen molar-refractivity contribution in [1.29, 1.82) is 0 Å². The number of aryl methyl sites for hydroxylation is 1. The maximum atomic E-state index is 5.79. The monoisotopic (exact) mass is 192 g/mol. The normalized spacial score (nSPS) is 10.6. The number of hydrogen-bond donors (Lipinski definition) is 1. The van der Waals surface area contributed by atoms with Gasteiger partial charge >= 0.3 is 0 Å². The molecule has 0 aliphatic heterocycles. The van der Waals surface area contributed by atoms with Crippen molar-refractivity contribution in [2.24, 2.45) is 0 Å². The molecule has 2 N–H and O–H groups in total.